The molecule has 0 amide bonds. The molecule has 5 heteroatoms. The van der Waals surface area contributed by atoms with Crippen LogP contribution in [-0.2, 0) is 11.3 Å². The molecule has 0 aliphatic carbocycles. The number of pyridine rings is 1. The maximum absolute atomic E-state index is 9.44. The Labute approximate surface area is 112 Å². The molecule has 1 saturated heterocycles. The van der Waals surface area contributed by atoms with Crippen molar-refractivity contribution < 1.29 is 9.84 Å². The van der Waals surface area contributed by atoms with Crippen LogP contribution >= 0.6 is 0 Å². The number of nitrogens with zero attached hydrogens (tertiary/aromatic N) is 3. The first-order valence-electron chi connectivity index (χ1n) is 6.60. The van der Waals surface area contributed by atoms with E-state index in [0.29, 0.717) is 0 Å². The Morgan fingerprint density at radius 3 is 3.11 bits per heavy atom. The van der Waals surface area contributed by atoms with E-state index in [9.17, 15) is 5.11 Å². The molecule has 0 spiro atoms. The molecule has 2 aromatic rings. The highest BCUT2D eigenvalue weighted by molar-refractivity contribution is 5.39. The van der Waals surface area contributed by atoms with Crippen LogP contribution in [-0.4, -0.2) is 51.8 Å². The number of likely N-dealkylation sites (tertiary alicyclic amines) is 1. The van der Waals surface area contributed by atoms with Crippen molar-refractivity contribution in [2.75, 3.05) is 20.3 Å². The number of imidazole rings is 1. The summed E-state index contributed by atoms with van der Waals surface area (Å²) >= 11 is 0. The van der Waals surface area contributed by atoms with Crippen LogP contribution in [0, 0.1) is 0 Å². The maximum Gasteiger partial charge on any atom is 0.137 e. The molecule has 3 heterocycles. The normalized spacial score (nSPS) is 24.3. The van der Waals surface area contributed by atoms with Gasteiger partial charge in [-0.3, -0.25) is 4.90 Å². The summed E-state index contributed by atoms with van der Waals surface area (Å²) in [4.78, 5) is 6.84. The quantitative estimate of drug-likeness (QED) is 0.889. The average molecular weight is 261 g/mol. The van der Waals surface area contributed by atoms with Crippen molar-refractivity contribution in [1.82, 2.24) is 14.3 Å². The zero-order chi connectivity index (χ0) is 13.2. The van der Waals surface area contributed by atoms with Gasteiger partial charge in [0.1, 0.15) is 5.65 Å². The highest BCUT2D eigenvalue weighted by atomic mass is 16.5. The average Bonchev–Trinajstić information content (AvgIpc) is 3.01. The van der Waals surface area contributed by atoms with Gasteiger partial charge in [0.05, 0.1) is 18.4 Å². The van der Waals surface area contributed by atoms with E-state index in [-0.39, 0.29) is 18.8 Å². The molecule has 0 unspecified atom stereocenters. The van der Waals surface area contributed by atoms with Gasteiger partial charge >= 0.3 is 0 Å². The number of aromatic nitrogens is 2. The number of rotatable bonds is 4. The van der Waals surface area contributed by atoms with Gasteiger partial charge in [0.2, 0.25) is 0 Å². The van der Waals surface area contributed by atoms with E-state index in [0.717, 1.165) is 30.9 Å². The van der Waals surface area contributed by atoms with Gasteiger partial charge in [-0.1, -0.05) is 6.07 Å². The topological polar surface area (TPSA) is 50.0 Å². The Bertz CT molecular complexity index is 521. The predicted octanol–water partition coefficient (Wildman–Crippen LogP) is 0.916. The molecule has 1 N–H and O–H groups in total. The van der Waals surface area contributed by atoms with Crippen LogP contribution in [0.4, 0.5) is 0 Å². The second-order valence-corrected chi connectivity index (χ2v) is 5.06. The Hall–Kier alpha value is -1.43. The molecule has 2 atom stereocenters. The van der Waals surface area contributed by atoms with Gasteiger partial charge in [-0.25, -0.2) is 4.98 Å². The Morgan fingerprint density at radius 2 is 2.37 bits per heavy atom. The van der Waals surface area contributed by atoms with E-state index in [1.165, 1.54) is 0 Å². The molecule has 2 aromatic heterocycles. The third-order valence-corrected chi connectivity index (χ3v) is 3.81. The van der Waals surface area contributed by atoms with Crippen LogP contribution in [0.15, 0.2) is 30.6 Å². The standard InChI is InChI=1S/C14H19N3O2/c1-19-13-6-12(10-18)17(9-13)8-11-7-16-5-3-2-4-14(16)15-11/h2-5,7,12-13,18H,6,8-10H2,1H3/t12-,13+/m0/s1. The molecule has 5 nitrogen and oxygen atoms in total. The van der Waals surface area contributed by atoms with Crippen molar-refractivity contribution in [1.29, 1.82) is 0 Å². The second kappa shape index (κ2) is 5.28. The molecular weight excluding hydrogens is 242 g/mol. The summed E-state index contributed by atoms with van der Waals surface area (Å²) in [6.45, 7) is 1.79. The van der Waals surface area contributed by atoms with E-state index in [4.69, 9.17) is 4.74 Å². The fourth-order valence-electron chi connectivity index (χ4n) is 2.76. The van der Waals surface area contributed by atoms with Crippen molar-refractivity contribution in [3.05, 3.63) is 36.3 Å². The molecule has 0 saturated carbocycles. The lowest BCUT2D eigenvalue weighted by atomic mass is 10.2. The van der Waals surface area contributed by atoms with Crippen LogP contribution in [0.5, 0.6) is 0 Å². The Kier molecular flexibility index (Phi) is 3.50. The van der Waals surface area contributed by atoms with Crippen LogP contribution in [0.3, 0.4) is 0 Å². The van der Waals surface area contributed by atoms with E-state index in [1.54, 1.807) is 7.11 Å². The van der Waals surface area contributed by atoms with Crippen LogP contribution < -0.4 is 0 Å². The number of aliphatic hydroxyl groups excluding tert-OH is 1. The van der Waals surface area contributed by atoms with Crippen molar-refractivity contribution in [3.8, 4) is 0 Å². The predicted molar refractivity (Wildman–Crippen MR) is 71.9 cm³/mol. The number of aliphatic hydroxyl groups is 1. The van der Waals surface area contributed by atoms with E-state index >= 15 is 0 Å². The number of methoxy groups -OCH3 is 1. The molecule has 0 aromatic carbocycles. The summed E-state index contributed by atoms with van der Waals surface area (Å²) in [5.74, 6) is 0. The van der Waals surface area contributed by atoms with Gasteiger partial charge in [-0.15, -0.1) is 0 Å². The number of fused-ring (bicyclic) bond motifs is 1. The third kappa shape index (κ3) is 2.49. The first-order chi connectivity index (χ1) is 9.30. The molecule has 19 heavy (non-hydrogen) atoms. The molecule has 1 aliphatic rings. The number of ether oxygens (including phenoxy) is 1. The van der Waals surface area contributed by atoms with Crippen molar-refractivity contribution in [3.63, 3.8) is 0 Å². The fraction of sp³-hybridized carbons (Fsp3) is 0.500. The van der Waals surface area contributed by atoms with Gasteiger partial charge in [-0.2, -0.15) is 0 Å². The first kappa shape index (κ1) is 12.6. The van der Waals surface area contributed by atoms with E-state index in [2.05, 4.69) is 9.88 Å². The fourth-order valence-corrected chi connectivity index (χ4v) is 2.76. The minimum atomic E-state index is 0.174. The monoisotopic (exact) mass is 261 g/mol. The second-order valence-electron chi connectivity index (χ2n) is 5.06. The molecule has 1 aliphatic heterocycles. The van der Waals surface area contributed by atoms with Gasteiger partial charge < -0.3 is 14.2 Å². The van der Waals surface area contributed by atoms with Crippen LogP contribution in [0.25, 0.3) is 5.65 Å². The molecule has 3 rings (SSSR count). The lowest BCUT2D eigenvalue weighted by molar-refractivity contribution is 0.107. The highest BCUT2D eigenvalue weighted by Gasteiger charge is 2.31. The van der Waals surface area contributed by atoms with Crippen LogP contribution in [0.1, 0.15) is 12.1 Å². The number of hydrogen-bond donors (Lipinski definition) is 1. The Morgan fingerprint density at radius 1 is 1.47 bits per heavy atom. The highest BCUT2D eigenvalue weighted by Crippen LogP contribution is 2.21. The zero-order valence-corrected chi connectivity index (χ0v) is 11.1. The summed E-state index contributed by atoms with van der Waals surface area (Å²) in [6, 6.07) is 6.15. The van der Waals surface area contributed by atoms with Gasteiger partial charge in [-0.05, 0) is 18.6 Å². The summed E-state index contributed by atoms with van der Waals surface area (Å²) in [6.07, 6.45) is 5.15. The van der Waals surface area contributed by atoms with Crippen molar-refractivity contribution in [2.45, 2.75) is 25.1 Å². The minimum absolute atomic E-state index is 0.174. The third-order valence-electron chi connectivity index (χ3n) is 3.81. The minimum Gasteiger partial charge on any atom is -0.395 e. The zero-order valence-electron chi connectivity index (χ0n) is 11.1. The molecule has 102 valence electrons. The molecular formula is C14H19N3O2. The Balaban J connectivity index is 1.76. The summed E-state index contributed by atoms with van der Waals surface area (Å²) in [5.41, 5.74) is 1.99. The maximum atomic E-state index is 9.44. The van der Waals surface area contributed by atoms with Gasteiger partial charge in [0.15, 0.2) is 0 Å². The number of hydrogen-bond acceptors (Lipinski definition) is 4. The van der Waals surface area contributed by atoms with Gasteiger partial charge in [0.25, 0.3) is 0 Å². The lowest BCUT2D eigenvalue weighted by Gasteiger charge is -2.20. The summed E-state index contributed by atoms with van der Waals surface area (Å²) in [7, 11) is 1.73. The first-order valence-corrected chi connectivity index (χ1v) is 6.60. The smallest absolute Gasteiger partial charge is 0.137 e. The SMILES string of the molecule is CO[C@@H]1C[C@@H](CO)N(Cc2cn3ccccc3n2)C1. The molecule has 0 radical (unpaired) electrons. The van der Waals surface area contributed by atoms with E-state index in [1.807, 2.05) is 35.0 Å². The largest absolute Gasteiger partial charge is 0.395 e. The van der Waals surface area contributed by atoms with Gasteiger partial charge in [0, 0.05) is 38.6 Å². The van der Waals surface area contributed by atoms with Crippen molar-refractivity contribution in [2.24, 2.45) is 0 Å². The van der Waals surface area contributed by atoms with Crippen LogP contribution in [0.2, 0.25) is 0 Å². The summed E-state index contributed by atoms with van der Waals surface area (Å²) < 4.78 is 7.41. The summed E-state index contributed by atoms with van der Waals surface area (Å²) in [5, 5.41) is 9.44. The van der Waals surface area contributed by atoms with Crippen molar-refractivity contribution >= 4 is 5.65 Å². The lowest BCUT2D eigenvalue weighted by Crippen LogP contribution is -2.32. The molecule has 0 bridgehead atoms. The molecule has 1 fully saturated rings. The van der Waals surface area contributed by atoms with E-state index < -0.39 is 0 Å².